The Morgan fingerprint density at radius 2 is 2.20 bits per heavy atom. The number of aliphatic imine (C=N–C) groups is 1. The summed E-state index contributed by atoms with van der Waals surface area (Å²) in [5.74, 6) is -0.0516. The second-order valence-electron chi connectivity index (χ2n) is 3.82. The summed E-state index contributed by atoms with van der Waals surface area (Å²) < 4.78 is 4.98. The van der Waals surface area contributed by atoms with E-state index in [1.165, 1.54) is 0 Å². The maximum atomic E-state index is 11.5. The molecule has 1 fully saturated rings. The second kappa shape index (κ2) is 5.58. The molecule has 5 heteroatoms. The summed E-state index contributed by atoms with van der Waals surface area (Å²) >= 11 is 0. The van der Waals surface area contributed by atoms with Crippen molar-refractivity contribution in [3.63, 3.8) is 0 Å². The minimum absolute atomic E-state index is 0.0354. The predicted octanol–water partition coefficient (Wildman–Crippen LogP) is 0.382. The van der Waals surface area contributed by atoms with Crippen molar-refractivity contribution >= 4 is 11.9 Å². The second-order valence-corrected chi connectivity index (χ2v) is 3.82. The Morgan fingerprint density at radius 3 is 2.80 bits per heavy atom. The number of nitrogens with zero attached hydrogens (tertiary/aromatic N) is 1. The molecule has 0 amide bonds. The number of guanidine groups is 1. The predicted molar refractivity (Wildman–Crippen MR) is 58.2 cm³/mol. The van der Waals surface area contributed by atoms with E-state index in [-0.39, 0.29) is 23.9 Å². The highest BCUT2D eigenvalue weighted by Gasteiger charge is 2.27. The Balaban J connectivity index is 2.48. The minimum Gasteiger partial charge on any atom is -0.466 e. The Labute approximate surface area is 89.9 Å². The molecular weight excluding hydrogens is 194 g/mol. The molecule has 2 atom stereocenters. The number of hydrogen-bond acceptors (Lipinski definition) is 3. The summed E-state index contributed by atoms with van der Waals surface area (Å²) in [6.45, 7) is 2.25. The first-order valence-corrected chi connectivity index (χ1v) is 5.38. The van der Waals surface area contributed by atoms with E-state index in [0.29, 0.717) is 13.0 Å². The van der Waals surface area contributed by atoms with Gasteiger partial charge in [-0.1, -0.05) is 6.42 Å². The smallest absolute Gasteiger partial charge is 0.308 e. The topological polar surface area (TPSA) is 90.7 Å². The van der Waals surface area contributed by atoms with Crippen molar-refractivity contribution in [3.8, 4) is 0 Å². The first-order valence-electron chi connectivity index (χ1n) is 5.38. The average molecular weight is 213 g/mol. The largest absolute Gasteiger partial charge is 0.466 e. The molecule has 1 aliphatic carbocycles. The van der Waals surface area contributed by atoms with Gasteiger partial charge in [0, 0.05) is 0 Å². The van der Waals surface area contributed by atoms with Gasteiger partial charge >= 0.3 is 5.97 Å². The highest BCUT2D eigenvalue weighted by atomic mass is 16.5. The van der Waals surface area contributed by atoms with Gasteiger partial charge in [-0.15, -0.1) is 0 Å². The van der Waals surface area contributed by atoms with Crippen LogP contribution < -0.4 is 11.5 Å². The summed E-state index contributed by atoms with van der Waals surface area (Å²) in [6, 6.07) is 0.0816. The van der Waals surface area contributed by atoms with Crippen LogP contribution in [0.15, 0.2) is 4.99 Å². The van der Waals surface area contributed by atoms with Gasteiger partial charge in [0.15, 0.2) is 5.96 Å². The van der Waals surface area contributed by atoms with Crippen LogP contribution in [0.25, 0.3) is 0 Å². The van der Waals surface area contributed by atoms with Gasteiger partial charge < -0.3 is 16.2 Å². The number of ether oxygens (including phenoxy) is 1. The highest BCUT2D eigenvalue weighted by Crippen LogP contribution is 2.27. The van der Waals surface area contributed by atoms with E-state index >= 15 is 0 Å². The fraction of sp³-hybridized carbons (Fsp3) is 0.800. The Hall–Kier alpha value is -1.26. The lowest BCUT2D eigenvalue weighted by molar-refractivity contribution is -0.149. The Kier molecular flexibility index (Phi) is 4.39. The highest BCUT2D eigenvalue weighted by molar-refractivity contribution is 5.76. The summed E-state index contributed by atoms with van der Waals surface area (Å²) in [4.78, 5) is 15.6. The van der Waals surface area contributed by atoms with E-state index in [4.69, 9.17) is 16.2 Å². The van der Waals surface area contributed by atoms with Gasteiger partial charge in [-0.05, 0) is 26.2 Å². The molecule has 0 aromatic heterocycles. The lowest BCUT2D eigenvalue weighted by Crippen LogP contribution is -2.30. The van der Waals surface area contributed by atoms with Crippen LogP contribution in [0.3, 0.4) is 0 Å². The maximum absolute atomic E-state index is 11.5. The molecule has 86 valence electrons. The van der Waals surface area contributed by atoms with Gasteiger partial charge in [-0.2, -0.15) is 0 Å². The van der Waals surface area contributed by atoms with Crippen LogP contribution >= 0.6 is 0 Å². The maximum Gasteiger partial charge on any atom is 0.308 e. The van der Waals surface area contributed by atoms with E-state index in [1.54, 1.807) is 0 Å². The van der Waals surface area contributed by atoms with Crippen LogP contribution in [-0.4, -0.2) is 24.6 Å². The molecule has 0 radical (unpaired) electrons. The Morgan fingerprint density at radius 1 is 1.47 bits per heavy atom. The number of carbonyl (C=O) groups excluding carboxylic acids is 1. The van der Waals surface area contributed by atoms with Crippen LogP contribution in [0.1, 0.15) is 32.6 Å². The van der Waals surface area contributed by atoms with Crippen molar-refractivity contribution in [2.45, 2.75) is 38.6 Å². The zero-order valence-corrected chi connectivity index (χ0v) is 9.11. The molecule has 1 saturated carbocycles. The Bertz CT molecular complexity index is 249. The zero-order chi connectivity index (χ0) is 11.3. The SMILES string of the molecule is CCOC(=O)C1CCCC(N=C(N)N)C1. The van der Waals surface area contributed by atoms with Crippen molar-refractivity contribution in [2.75, 3.05) is 6.61 Å². The molecule has 0 saturated heterocycles. The molecule has 0 heterocycles. The van der Waals surface area contributed by atoms with Crippen LogP contribution in [-0.2, 0) is 9.53 Å². The first-order chi connectivity index (χ1) is 7.13. The lowest BCUT2D eigenvalue weighted by Gasteiger charge is -2.25. The number of carbonyl (C=O) groups is 1. The molecular formula is C10H19N3O2. The third-order valence-corrected chi connectivity index (χ3v) is 2.60. The van der Waals surface area contributed by atoms with Crippen molar-refractivity contribution in [2.24, 2.45) is 22.4 Å². The zero-order valence-electron chi connectivity index (χ0n) is 9.11. The van der Waals surface area contributed by atoms with Gasteiger partial charge in [0.25, 0.3) is 0 Å². The van der Waals surface area contributed by atoms with Gasteiger partial charge in [0.05, 0.1) is 18.6 Å². The molecule has 2 unspecified atom stereocenters. The summed E-state index contributed by atoms with van der Waals surface area (Å²) in [5.41, 5.74) is 10.6. The van der Waals surface area contributed by atoms with Crippen LogP contribution in [0, 0.1) is 5.92 Å². The lowest BCUT2D eigenvalue weighted by atomic mass is 9.86. The molecule has 0 aromatic rings. The van der Waals surface area contributed by atoms with Crippen molar-refractivity contribution in [1.29, 1.82) is 0 Å². The van der Waals surface area contributed by atoms with E-state index < -0.39 is 0 Å². The van der Waals surface area contributed by atoms with E-state index in [0.717, 1.165) is 19.3 Å². The van der Waals surface area contributed by atoms with Crippen molar-refractivity contribution < 1.29 is 9.53 Å². The summed E-state index contributed by atoms with van der Waals surface area (Å²) in [7, 11) is 0. The van der Waals surface area contributed by atoms with Crippen LogP contribution in [0.5, 0.6) is 0 Å². The average Bonchev–Trinajstić information content (AvgIpc) is 2.17. The van der Waals surface area contributed by atoms with Gasteiger partial charge in [-0.25, -0.2) is 0 Å². The van der Waals surface area contributed by atoms with Gasteiger partial charge in [-0.3, -0.25) is 9.79 Å². The quantitative estimate of drug-likeness (QED) is 0.403. The molecule has 5 nitrogen and oxygen atoms in total. The third-order valence-electron chi connectivity index (χ3n) is 2.60. The fourth-order valence-electron chi connectivity index (χ4n) is 1.97. The van der Waals surface area contributed by atoms with Gasteiger partial charge in [0.1, 0.15) is 0 Å². The van der Waals surface area contributed by atoms with Crippen molar-refractivity contribution in [1.82, 2.24) is 0 Å². The fourth-order valence-corrected chi connectivity index (χ4v) is 1.97. The van der Waals surface area contributed by atoms with E-state index in [9.17, 15) is 4.79 Å². The monoisotopic (exact) mass is 213 g/mol. The molecule has 15 heavy (non-hydrogen) atoms. The summed E-state index contributed by atoms with van der Waals surface area (Å²) in [6.07, 6.45) is 3.52. The summed E-state index contributed by atoms with van der Waals surface area (Å²) in [5, 5.41) is 0. The van der Waals surface area contributed by atoms with Gasteiger partial charge in [0.2, 0.25) is 0 Å². The minimum atomic E-state index is -0.118. The number of hydrogen-bond donors (Lipinski definition) is 2. The third kappa shape index (κ3) is 3.77. The number of esters is 1. The molecule has 0 bridgehead atoms. The van der Waals surface area contributed by atoms with Crippen LogP contribution in [0.4, 0.5) is 0 Å². The molecule has 1 aliphatic rings. The van der Waals surface area contributed by atoms with Crippen molar-refractivity contribution in [3.05, 3.63) is 0 Å². The molecule has 0 aliphatic heterocycles. The van der Waals surface area contributed by atoms with E-state index in [2.05, 4.69) is 4.99 Å². The number of nitrogens with two attached hydrogens (primary N) is 2. The normalized spacial score (nSPS) is 25.7. The standard InChI is InChI=1S/C10H19N3O2/c1-2-15-9(14)7-4-3-5-8(6-7)13-10(11)12/h7-8H,2-6H2,1H3,(H4,11,12,13). The molecule has 0 aromatic carbocycles. The first kappa shape index (κ1) is 11.8. The molecule has 4 N–H and O–H groups in total. The number of rotatable bonds is 3. The molecule has 1 rings (SSSR count). The molecule has 0 spiro atoms. The van der Waals surface area contributed by atoms with Crippen LogP contribution in [0.2, 0.25) is 0 Å². The van der Waals surface area contributed by atoms with E-state index in [1.807, 2.05) is 6.92 Å².